The van der Waals surface area contributed by atoms with Gasteiger partial charge < -0.3 is 4.74 Å². The Morgan fingerprint density at radius 1 is 1.20 bits per heavy atom. The zero-order valence-corrected chi connectivity index (χ0v) is 11.1. The molecule has 0 atom stereocenters. The molecule has 0 N–H and O–H groups in total. The zero-order valence-electron chi connectivity index (χ0n) is 7.95. The van der Waals surface area contributed by atoms with Gasteiger partial charge in [-0.05, 0) is 50.1 Å². The Bertz CT molecular complexity index is 482. The van der Waals surface area contributed by atoms with Crippen LogP contribution in [0.15, 0.2) is 39.4 Å². The first kappa shape index (κ1) is 10.7. The lowest BCUT2D eigenvalue weighted by Crippen LogP contribution is -1.94. The number of aryl methyl sites for hydroxylation is 1. The lowest BCUT2D eigenvalue weighted by Gasteiger charge is -2.06. The van der Waals surface area contributed by atoms with Crippen molar-refractivity contribution < 1.29 is 4.74 Å². The predicted molar refractivity (Wildman–Crippen MR) is 65.1 cm³/mol. The Kier molecular flexibility index (Phi) is 3.11. The van der Waals surface area contributed by atoms with E-state index < -0.39 is 0 Å². The van der Waals surface area contributed by atoms with Crippen molar-refractivity contribution in [2.45, 2.75) is 0 Å². The quantitative estimate of drug-likeness (QED) is 0.838. The first-order valence-electron chi connectivity index (χ1n) is 4.28. The van der Waals surface area contributed by atoms with Crippen LogP contribution >= 0.6 is 31.9 Å². The molecular formula is C10H8Br2N2O. The van der Waals surface area contributed by atoms with E-state index in [0.717, 1.165) is 14.7 Å². The maximum atomic E-state index is 5.63. The molecule has 0 bridgehead atoms. The summed E-state index contributed by atoms with van der Waals surface area (Å²) in [7, 11) is 1.84. The summed E-state index contributed by atoms with van der Waals surface area (Å²) in [6, 6.07) is 7.53. The Morgan fingerprint density at radius 2 is 2.00 bits per heavy atom. The summed E-state index contributed by atoms with van der Waals surface area (Å²) in [5.41, 5.74) is 0. The van der Waals surface area contributed by atoms with Crippen LogP contribution in [0.5, 0.6) is 11.6 Å². The van der Waals surface area contributed by atoms with Gasteiger partial charge in [0.2, 0.25) is 5.88 Å². The second-order valence-corrected chi connectivity index (χ2v) is 4.68. The average molecular weight is 332 g/mol. The highest BCUT2D eigenvalue weighted by molar-refractivity contribution is 9.13. The Hall–Kier alpha value is -0.810. The summed E-state index contributed by atoms with van der Waals surface area (Å²) in [6.45, 7) is 0. The van der Waals surface area contributed by atoms with Crippen LogP contribution < -0.4 is 4.74 Å². The smallest absolute Gasteiger partial charge is 0.217 e. The van der Waals surface area contributed by atoms with Crippen molar-refractivity contribution in [3.05, 3.63) is 39.4 Å². The molecule has 2 aromatic rings. The average Bonchev–Trinajstić information content (AvgIpc) is 2.59. The minimum absolute atomic E-state index is 0.712. The van der Waals surface area contributed by atoms with Crippen molar-refractivity contribution in [3.8, 4) is 11.6 Å². The van der Waals surface area contributed by atoms with Crippen molar-refractivity contribution in [3.63, 3.8) is 0 Å². The van der Waals surface area contributed by atoms with E-state index in [-0.39, 0.29) is 0 Å². The van der Waals surface area contributed by atoms with Crippen molar-refractivity contribution in [1.82, 2.24) is 9.78 Å². The molecule has 1 aromatic carbocycles. The van der Waals surface area contributed by atoms with Gasteiger partial charge in [-0.25, -0.2) is 4.68 Å². The van der Waals surface area contributed by atoms with Gasteiger partial charge in [-0.2, -0.15) is 5.10 Å². The van der Waals surface area contributed by atoms with E-state index in [1.54, 1.807) is 10.9 Å². The fourth-order valence-corrected chi connectivity index (χ4v) is 1.73. The maximum absolute atomic E-state index is 5.63. The molecule has 0 aliphatic carbocycles. The van der Waals surface area contributed by atoms with Gasteiger partial charge >= 0.3 is 0 Å². The lowest BCUT2D eigenvalue weighted by molar-refractivity contribution is 0.430. The molecule has 1 heterocycles. The van der Waals surface area contributed by atoms with E-state index in [2.05, 4.69) is 37.0 Å². The molecule has 3 nitrogen and oxygen atoms in total. The zero-order chi connectivity index (χ0) is 10.8. The Morgan fingerprint density at radius 3 is 2.60 bits per heavy atom. The summed E-state index contributed by atoms with van der Waals surface area (Å²) in [4.78, 5) is 0. The van der Waals surface area contributed by atoms with Crippen LogP contribution in [0, 0.1) is 0 Å². The Balaban J connectivity index is 2.25. The van der Waals surface area contributed by atoms with Crippen molar-refractivity contribution in [2.75, 3.05) is 0 Å². The van der Waals surface area contributed by atoms with Crippen LogP contribution in [0.3, 0.4) is 0 Å². The van der Waals surface area contributed by atoms with Crippen molar-refractivity contribution >= 4 is 31.9 Å². The number of rotatable bonds is 2. The van der Waals surface area contributed by atoms with Gasteiger partial charge in [0.05, 0.1) is 6.20 Å². The van der Waals surface area contributed by atoms with E-state index in [0.29, 0.717) is 5.88 Å². The van der Waals surface area contributed by atoms with Gasteiger partial charge in [0.25, 0.3) is 0 Å². The number of ether oxygens (including phenoxy) is 1. The van der Waals surface area contributed by atoms with Gasteiger partial charge in [0.1, 0.15) is 5.75 Å². The number of hydrogen-bond acceptors (Lipinski definition) is 2. The normalized spacial score (nSPS) is 10.3. The molecule has 0 saturated carbocycles. The van der Waals surface area contributed by atoms with Gasteiger partial charge in [0.15, 0.2) is 0 Å². The number of benzene rings is 1. The molecule has 15 heavy (non-hydrogen) atoms. The fraction of sp³-hybridized carbons (Fsp3) is 0.100. The summed E-state index contributed by atoms with van der Waals surface area (Å²) in [5, 5.41) is 4.02. The number of aromatic nitrogens is 2. The molecule has 5 heteroatoms. The second kappa shape index (κ2) is 4.37. The van der Waals surface area contributed by atoms with Crippen molar-refractivity contribution in [2.24, 2.45) is 7.05 Å². The van der Waals surface area contributed by atoms with Crippen LogP contribution in [0.1, 0.15) is 0 Å². The highest BCUT2D eigenvalue weighted by Crippen LogP contribution is 2.29. The minimum atomic E-state index is 0.712. The molecule has 0 radical (unpaired) electrons. The first-order valence-corrected chi connectivity index (χ1v) is 5.86. The third kappa shape index (κ3) is 2.41. The molecular weight excluding hydrogens is 324 g/mol. The van der Waals surface area contributed by atoms with E-state index >= 15 is 0 Å². The van der Waals surface area contributed by atoms with Crippen LogP contribution in [-0.4, -0.2) is 9.78 Å². The van der Waals surface area contributed by atoms with Gasteiger partial charge in [-0.1, -0.05) is 0 Å². The molecule has 0 saturated heterocycles. The molecule has 0 aliphatic rings. The van der Waals surface area contributed by atoms with E-state index in [1.807, 2.05) is 31.3 Å². The molecule has 0 amide bonds. The van der Waals surface area contributed by atoms with E-state index in [4.69, 9.17) is 4.74 Å². The fourth-order valence-electron chi connectivity index (χ4n) is 1.12. The van der Waals surface area contributed by atoms with E-state index in [9.17, 15) is 0 Å². The van der Waals surface area contributed by atoms with Gasteiger partial charge in [0, 0.05) is 22.1 Å². The highest BCUT2D eigenvalue weighted by Gasteiger charge is 2.03. The molecule has 0 unspecified atom stereocenters. The largest absolute Gasteiger partial charge is 0.439 e. The molecule has 0 spiro atoms. The SMILES string of the molecule is Cn1nccc1Oc1ccc(Br)c(Br)c1. The highest BCUT2D eigenvalue weighted by atomic mass is 79.9. The summed E-state index contributed by atoms with van der Waals surface area (Å²) < 4.78 is 9.27. The predicted octanol–water partition coefficient (Wildman–Crippen LogP) is 3.74. The monoisotopic (exact) mass is 330 g/mol. The van der Waals surface area contributed by atoms with Crippen molar-refractivity contribution in [1.29, 1.82) is 0 Å². The summed E-state index contributed by atoms with van der Waals surface area (Å²) in [6.07, 6.45) is 1.70. The summed E-state index contributed by atoms with van der Waals surface area (Å²) in [5.74, 6) is 1.48. The molecule has 2 rings (SSSR count). The van der Waals surface area contributed by atoms with Gasteiger partial charge in [-0.3, -0.25) is 0 Å². The Labute approximate surface area is 104 Å². The molecule has 78 valence electrons. The number of nitrogens with zero attached hydrogens (tertiary/aromatic N) is 2. The van der Waals surface area contributed by atoms with Crippen LogP contribution in [0.4, 0.5) is 0 Å². The molecule has 0 fully saturated rings. The lowest BCUT2D eigenvalue weighted by atomic mass is 10.3. The maximum Gasteiger partial charge on any atom is 0.217 e. The minimum Gasteiger partial charge on any atom is -0.439 e. The molecule has 1 aromatic heterocycles. The topological polar surface area (TPSA) is 27.1 Å². The molecule has 0 aliphatic heterocycles. The van der Waals surface area contributed by atoms with Crippen LogP contribution in [0.25, 0.3) is 0 Å². The first-order chi connectivity index (χ1) is 7.16. The van der Waals surface area contributed by atoms with E-state index in [1.165, 1.54) is 0 Å². The van der Waals surface area contributed by atoms with Gasteiger partial charge in [-0.15, -0.1) is 0 Å². The third-order valence-corrected chi connectivity index (χ3v) is 3.77. The standard InChI is InChI=1S/C10H8Br2N2O/c1-14-10(4-5-13-14)15-7-2-3-8(11)9(12)6-7/h2-6H,1H3. The summed E-state index contributed by atoms with van der Waals surface area (Å²) >= 11 is 6.82. The van der Waals surface area contributed by atoms with Crippen LogP contribution in [-0.2, 0) is 7.05 Å². The van der Waals surface area contributed by atoms with Crippen LogP contribution in [0.2, 0.25) is 0 Å². The number of hydrogen-bond donors (Lipinski definition) is 0. The third-order valence-electron chi connectivity index (χ3n) is 1.89. The number of halogens is 2. The second-order valence-electron chi connectivity index (χ2n) is 2.97.